The van der Waals surface area contributed by atoms with E-state index < -0.39 is 139 Å². The van der Waals surface area contributed by atoms with Crippen molar-refractivity contribution in [3.05, 3.63) is 0 Å². The summed E-state index contributed by atoms with van der Waals surface area (Å²) in [7, 11) is 0. The number of rotatable bonds is 32. The number of guanidine groups is 1. The van der Waals surface area contributed by atoms with Gasteiger partial charge in [0.1, 0.15) is 42.3 Å². The van der Waals surface area contributed by atoms with Gasteiger partial charge in [-0.3, -0.25) is 52.9 Å². The number of primary amides is 1. The number of likely N-dealkylation sites (tertiary alicyclic amines) is 1. The Bertz CT molecular complexity index is 1850. The van der Waals surface area contributed by atoms with E-state index in [1.165, 1.54) is 23.6 Å². The summed E-state index contributed by atoms with van der Waals surface area (Å²) in [4.78, 5) is 148. The normalized spacial score (nSPS) is 16.3. The molecule has 0 saturated carbocycles. The molecule has 1 heterocycles. The van der Waals surface area contributed by atoms with Crippen LogP contribution in [0.15, 0.2) is 4.99 Å². The highest BCUT2D eigenvalue weighted by molar-refractivity contribution is 7.98. The number of nitrogens with two attached hydrogens (primary N) is 4. The highest BCUT2D eigenvalue weighted by Crippen LogP contribution is 2.19. The quantitative estimate of drug-likeness (QED) is 0.0174. The number of aliphatic carboxylic acids is 2. The first-order valence-corrected chi connectivity index (χ1v) is 24.1. The molecule has 0 unspecified atom stereocenters. The summed E-state index contributed by atoms with van der Waals surface area (Å²) in [6, 6.07) is -10.3. The Labute approximate surface area is 405 Å². The van der Waals surface area contributed by atoms with Crippen molar-refractivity contribution in [2.75, 3.05) is 31.6 Å². The van der Waals surface area contributed by atoms with E-state index in [1.807, 2.05) is 13.8 Å². The van der Waals surface area contributed by atoms with Crippen LogP contribution >= 0.6 is 11.8 Å². The fourth-order valence-electron chi connectivity index (χ4n) is 7.00. The summed E-state index contributed by atoms with van der Waals surface area (Å²) in [6.45, 7) is 7.96. The molecule has 0 radical (unpaired) electrons. The summed E-state index contributed by atoms with van der Waals surface area (Å²) in [5.41, 5.74) is 21.7. The summed E-state index contributed by atoms with van der Waals surface area (Å²) in [6.07, 6.45) is 1.07. The zero-order valence-corrected chi connectivity index (χ0v) is 41.0. The molecule has 0 aromatic rings. The van der Waals surface area contributed by atoms with Crippen LogP contribution in [0.4, 0.5) is 0 Å². The predicted octanol–water partition coefficient (Wildman–Crippen LogP) is -3.93. The lowest BCUT2D eigenvalue weighted by Crippen LogP contribution is -2.59. The van der Waals surface area contributed by atoms with Gasteiger partial charge >= 0.3 is 11.9 Å². The number of thioether (sulfide) groups is 1. The lowest BCUT2D eigenvalue weighted by atomic mass is 10.0. The first kappa shape index (κ1) is 60.8. The maximum absolute atomic E-state index is 13.9. The lowest BCUT2D eigenvalue weighted by Gasteiger charge is -2.28. The third kappa shape index (κ3) is 23.6. The molecule has 1 fully saturated rings. The Balaban J connectivity index is 3.26. The molecule has 9 amide bonds. The molecule has 1 aliphatic rings. The van der Waals surface area contributed by atoms with Gasteiger partial charge in [-0.1, -0.05) is 27.7 Å². The van der Waals surface area contributed by atoms with Crippen molar-refractivity contribution in [2.24, 2.45) is 39.8 Å². The van der Waals surface area contributed by atoms with E-state index in [4.69, 9.17) is 22.9 Å². The average Bonchev–Trinajstić information content (AvgIpc) is 3.75. The number of aliphatic imine (C=N–C) groups is 1. The minimum absolute atomic E-state index is 0.00550. The number of hydrogen-bond donors (Lipinski definition) is 13. The molecular weight excluding hydrogens is 927 g/mol. The molecule has 1 aliphatic heterocycles. The van der Waals surface area contributed by atoms with Crippen LogP contribution in [-0.4, -0.2) is 166 Å². The van der Waals surface area contributed by atoms with Gasteiger partial charge in [0.2, 0.25) is 53.2 Å². The van der Waals surface area contributed by atoms with Gasteiger partial charge < -0.3 is 75.3 Å². The van der Waals surface area contributed by atoms with Crippen molar-refractivity contribution < 1.29 is 63.0 Å². The topological polar surface area (TPSA) is 432 Å². The first-order valence-electron chi connectivity index (χ1n) is 22.7. The van der Waals surface area contributed by atoms with E-state index in [0.717, 1.165) is 0 Å². The van der Waals surface area contributed by atoms with Crippen molar-refractivity contribution >= 4 is 82.8 Å². The number of nitrogens with zero attached hydrogens (tertiary/aromatic N) is 2. The zero-order valence-electron chi connectivity index (χ0n) is 40.2. The third-order valence-corrected chi connectivity index (χ3v) is 11.1. The number of carbonyl (C=O) groups excluding carboxylic acids is 9. The van der Waals surface area contributed by atoms with Crippen LogP contribution in [0.25, 0.3) is 0 Å². The van der Waals surface area contributed by atoms with Crippen LogP contribution in [0.3, 0.4) is 0 Å². The van der Waals surface area contributed by atoms with E-state index in [2.05, 4.69) is 42.2 Å². The molecule has 27 heteroatoms. The van der Waals surface area contributed by atoms with Gasteiger partial charge in [0, 0.05) is 19.5 Å². The first-order chi connectivity index (χ1) is 32.3. The molecular formula is C42H73N13O13S. The summed E-state index contributed by atoms with van der Waals surface area (Å²) in [5, 5.41) is 36.4. The van der Waals surface area contributed by atoms with Crippen molar-refractivity contribution in [1.29, 1.82) is 0 Å². The standard InChI is InChI=1S/C42H73N13O13S/c1-21(2)17-27(53-37(63)25(11-12-33(58)59)49-39(65)29(19-31(44)56)52-34(60)23(5)43)35(61)48-20-32(57)55-15-8-10-30(55)40(66)50-24(9-7-14-47-42(45)46)36(62)54-28(18-22(3)4)38(64)51-26(41(67)68)13-16-69-6/h21-30H,7-20,43H2,1-6H3,(H2,44,56)(H,48,61)(H,49,65)(H,50,66)(H,51,64)(H,52,60)(H,53,63)(H,54,62)(H,58,59)(H,67,68)(H4,45,46,47)/t23-,24-,25-,26-,27-,28-,29-,30-/m0/s1. The van der Waals surface area contributed by atoms with Crippen LogP contribution < -0.4 is 60.2 Å². The van der Waals surface area contributed by atoms with E-state index in [0.29, 0.717) is 12.2 Å². The number of amides is 9. The number of carbonyl (C=O) groups is 11. The highest BCUT2D eigenvalue weighted by atomic mass is 32.2. The highest BCUT2D eigenvalue weighted by Gasteiger charge is 2.38. The molecule has 26 nitrogen and oxygen atoms in total. The largest absolute Gasteiger partial charge is 0.481 e. The maximum atomic E-state index is 13.9. The monoisotopic (exact) mass is 1000 g/mol. The minimum atomic E-state index is -1.58. The van der Waals surface area contributed by atoms with Gasteiger partial charge in [-0.2, -0.15) is 11.8 Å². The van der Waals surface area contributed by atoms with Crippen molar-refractivity contribution in [1.82, 2.24) is 42.1 Å². The minimum Gasteiger partial charge on any atom is -0.481 e. The van der Waals surface area contributed by atoms with Crippen LogP contribution in [0, 0.1) is 11.8 Å². The average molecular weight is 1000 g/mol. The van der Waals surface area contributed by atoms with Gasteiger partial charge in [0.15, 0.2) is 5.96 Å². The molecule has 0 spiro atoms. The van der Waals surface area contributed by atoms with Gasteiger partial charge in [0.25, 0.3) is 0 Å². The molecule has 1 saturated heterocycles. The van der Waals surface area contributed by atoms with Crippen molar-refractivity contribution in [2.45, 2.75) is 147 Å². The smallest absolute Gasteiger partial charge is 0.326 e. The predicted molar refractivity (Wildman–Crippen MR) is 253 cm³/mol. The van der Waals surface area contributed by atoms with E-state index in [-0.39, 0.29) is 69.4 Å². The molecule has 8 atom stereocenters. The fourth-order valence-corrected chi connectivity index (χ4v) is 7.48. The van der Waals surface area contributed by atoms with Gasteiger partial charge in [-0.15, -0.1) is 0 Å². The van der Waals surface area contributed by atoms with E-state index in [9.17, 15) is 63.0 Å². The van der Waals surface area contributed by atoms with Crippen molar-refractivity contribution in [3.63, 3.8) is 0 Å². The van der Waals surface area contributed by atoms with E-state index in [1.54, 1.807) is 20.1 Å². The summed E-state index contributed by atoms with van der Waals surface area (Å²) in [5.74, 6) is -10.2. The summed E-state index contributed by atoms with van der Waals surface area (Å²) < 4.78 is 0. The number of nitrogens with one attached hydrogen (secondary N) is 7. The second kappa shape index (κ2) is 31.0. The Morgan fingerprint density at radius 1 is 0.667 bits per heavy atom. The van der Waals surface area contributed by atoms with Crippen molar-refractivity contribution in [3.8, 4) is 0 Å². The van der Waals surface area contributed by atoms with E-state index >= 15 is 0 Å². The summed E-state index contributed by atoms with van der Waals surface area (Å²) >= 11 is 1.40. The Morgan fingerprint density at radius 2 is 1.17 bits per heavy atom. The number of carboxylic acid groups (broad SMARTS) is 2. The van der Waals surface area contributed by atoms with Gasteiger partial charge in [0.05, 0.1) is 19.0 Å². The van der Waals surface area contributed by atoms with Gasteiger partial charge in [-0.25, -0.2) is 4.79 Å². The Hall–Kier alpha value is -6.25. The van der Waals surface area contributed by atoms with Crippen LogP contribution in [-0.2, 0) is 52.7 Å². The second-order valence-electron chi connectivity index (χ2n) is 17.5. The third-order valence-electron chi connectivity index (χ3n) is 10.5. The molecule has 0 bridgehead atoms. The maximum Gasteiger partial charge on any atom is 0.326 e. The van der Waals surface area contributed by atoms with Crippen LogP contribution in [0.1, 0.15) is 98.8 Å². The molecule has 0 aliphatic carbocycles. The fraction of sp³-hybridized carbons (Fsp3) is 0.714. The van der Waals surface area contributed by atoms with Crippen LogP contribution in [0.5, 0.6) is 0 Å². The molecule has 390 valence electrons. The van der Waals surface area contributed by atoms with Crippen LogP contribution in [0.2, 0.25) is 0 Å². The van der Waals surface area contributed by atoms with Gasteiger partial charge in [-0.05, 0) is 82.1 Å². The number of hydrogen-bond acceptors (Lipinski definition) is 14. The molecule has 0 aromatic carbocycles. The lowest BCUT2D eigenvalue weighted by molar-refractivity contribution is -0.142. The zero-order chi connectivity index (χ0) is 52.5. The Kier molecular flexibility index (Phi) is 27.3. The SMILES string of the molecule is CSCC[C@H](NC(=O)[C@H](CC(C)C)NC(=O)[C@H](CCCN=C(N)N)NC(=O)[C@@H]1CCCN1C(=O)CNC(=O)[C@H](CC(C)C)NC(=O)[C@H](CCC(=O)O)NC(=O)[C@H](CC(N)=O)NC(=O)[C@H](C)N)C(=O)O. The second-order valence-corrected chi connectivity index (χ2v) is 18.5. The molecule has 0 aromatic heterocycles. The molecule has 17 N–H and O–H groups in total. The molecule has 69 heavy (non-hydrogen) atoms. The number of carboxylic acids is 2. The molecule has 1 rings (SSSR count). The Morgan fingerprint density at radius 3 is 1.68 bits per heavy atom.